The molecule has 1 amide bonds. The highest BCUT2D eigenvalue weighted by Gasteiger charge is 2.51. The van der Waals surface area contributed by atoms with Gasteiger partial charge in [-0.3, -0.25) is 10.1 Å². The Balaban J connectivity index is 1.83. The monoisotopic (exact) mass is 369 g/mol. The second kappa shape index (κ2) is 6.57. The van der Waals surface area contributed by atoms with E-state index in [1.54, 1.807) is 6.20 Å². The molecule has 1 saturated heterocycles. The maximum absolute atomic E-state index is 12.3. The fourth-order valence-electron chi connectivity index (χ4n) is 2.67. The summed E-state index contributed by atoms with van der Waals surface area (Å²) in [5, 5.41) is 3.68. The van der Waals surface area contributed by atoms with Crippen molar-refractivity contribution in [3.05, 3.63) is 24.4 Å². The van der Waals surface area contributed by atoms with Crippen molar-refractivity contribution in [3.63, 3.8) is 0 Å². The van der Waals surface area contributed by atoms with E-state index < -0.39 is 12.5 Å². The number of benzene rings is 1. The highest BCUT2D eigenvalue weighted by atomic mass is 16.7. The number of fused-ring (bicyclic) bond motifs is 1. The Bertz CT molecular complexity index is 864. The Kier molecular flexibility index (Phi) is 4.81. The van der Waals surface area contributed by atoms with Gasteiger partial charge in [0.15, 0.2) is 0 Å². The van der Waals surface area contributed by atoms with E-state index in [0.717, 1.165) is 22.8 Å². The molecule has 1 aromatic heterocycles. The van der Waals surface area contributed by atoms with Crippen molar-refractivity contribution >= 4 is 35.3 Å². The minimum Gasteiger partial charge on any atom is -0.399 e. The summed E-state index contributed by atoms with van der Waals surface area (Å²) >= 11 is 0. The first-order valence-corrected chi connectivity index (χ1v) is 9.39. The van der Waals surface area contributed by atoms with Crippen molar-refractivity contribution < 1.29 is 14.1 Å². The van der Waals surface area contributed by atoms with E-state index in [1.165, 1.54) is 0 Å². The van der Waals surface area contributed by atoms with Gasteiger partial charge in [0, 0.05) is 17.0 Å². The lowest BCUT2D eigenvalue weighted by atomic mass is 9.78. The van der Waals surface area contributed by atoms with Gasteiger partial charge in [0.2, 0.25) is 11.9 Å². The van der Waals surface area contributed by atoms with Crippen LogP contribution in [0.1, 0.15) is 54.9 Å². The molecule has 0 aliphatic carbocycles. The molecule has 1 aliphatic heterocycles. The van der Waals surface area contributed by atoms with Crippen molar-refractivity contribution in [1.29, 1.82) is 0 Å². The van der Waals surface area contributed by atoms with Gasteiger partial charge in [-0.05, 0) is 45.6 Å². The summed E-state index contributed by atoms with van der Waals surface area (Å²) in [6.45, 7) is 13.9. The summed E-state index contributed by atoms with van der Waals surface area (Å²) in [6.07, 6.45) is 2.45. The van der Waals surface area contributed by atoms with Crippen molar-refractivity contribution in [3.8, 4) is 0 Å². The highest BCUT2D eigenvalue weighted by Crippen LogP contribution is 2.36. The Morgan fingerprint density at radius 3 is 2.41 bits per heavy atom. The molecule has 3 rings (SSSR count). The van der Waals surface area contributed by atoms with E-state index in [-0.39, 0.29) is 17.1 Å². The van der Waals surface area contributed by atoms with Crippen molar-refractivity contribution in [2.24, 2.45) is 5.41 Å². The minimum absolute atomic E-state index is 0.0850. The van der Waals surface area contributed by atoms with Gasteiger partial charge in [0.25, 0.3) is 0 Å². The van der Waals surface area contributed by atoms with Gasteiger partial charge >= 0.3 is 7.12 Å². The lowest BCUT2D eigenvalue weighted by Crippen LogP contribution is -2.41. The molecule has 2 aromatic rings. The fraction of sp³-hybridized carbons (Fsp3) is 0.550. The predicted molar refractivity (Wildman–Crippen MR) is 108 cm³/mol. The van der Waals surface area contributed by atoms with Crippen LogP contribution < -0.4 is 10.8 Å². The number of nitrogens with zero attached hydrogens (tertiary/aromatic N) is 2. The van der Waals surface area contributed by atoms with Crippen LogP contribution in [0.5, 0.6) is 0 Å². The third kappa shape index (κ3) is 3.71. The third-order valence-electron chi connectivity index (χ3n) is 5.85. The second-order valence-corrected chi connectivity index (χ2v) is 8.79. The van der Waals surface area contributed by atoms with Crippen molar-refractivity contribution in [2.45, 2.75) is 66.1 Å². The highest BCUT2D eigenvalue weighted by molar-refractivity contribution is 6.62. The van der Waals surface area contributed by atoms with E-state index in [4.69, 9.17) is 9.31 Å². The molecule has 0 unspecified atom stereocenters. The van der Waals surface area contributed by atoms with Crippen LogP contribution in [0.25, 0.3) is 10.9 Å². The van der Waals surface area contributed by atoms with E-state index in [1.807, 2.05) is 66.7 Å². The maximum atomic E-state index is 12.3. The quantitative estimate of drug-likeness (QED) is 0.838. The van der Waals surface area contributed by atoms with Crippen LogP contribution in [0.2, 0.25) is 0 Å². The Morgan fingerprint density at radius 2 is 1.81 bits per heavy atom. The second-order valence-electron chi connectivity index (χ2n) is 8.79. The maximum Gasteiger partial charge on any atom is 0.494 e. The van der Waals surface area contributed by atoms with Crippen molar-refractivity contribution in [2.75, 3.05) is 5.32 Å². The normalized spacial score (nSPS) is 18.7. The summed E-state index contributed by atoms with van der Waals surface area (Å²) in [4.78, 5) is 21.1. The zero-order chi connectivity index (χ0) is 20.0. The molecular weight excluding hydrogens is 341 g/mol. The third-order valence-corrected chi connectivity index (χ3v) is 5.85. The SMILES string of the molecule is CCC(C)(C)C(=O)Nc1ncc2cc(B3OC(C)(C)C(C)(C)O3)ccc2n1. The van der Waals surface area contributed by atoms with Crippen LogP contribution >= 0.6 is 0 Å². The fourth-order valence-corrected chi connectivity index (χ4v) is 2.67. The number of amides is 1. The topological polar surface area (TPSA) is 73.3 Å². The molecule has 0 saturated carbocycles. The standard InChI is InChI=1S/C20H28BN3O3/c1-8-18(2,3)16(25)24-17-22-12-13-11-14(9-10-15(13)23-17)21-26-19(4,5)20(6,7)27-21/h9-12H,8H2,1-7H3,(H,22,23,24,25). The van der Waals surface area contributed by atoms with Crippen LogP contribution in [0, 0.1) is 5.41 Å². The van der Waals surface area contributed by atoms with Crippen LogP contribution in [0.4, 0.5) is 5.95 Å². The molecule has 1 N–H and O–H groups in total. The molecule has 1 aromatic carbocycles. The van der Waals surface area contributed by atoms with Gasteiger partial charge in [-0.15, -0.1) is 0 Å². The first kappa shape index (κ1) is 19.8. The van der Waals surface area contributed by atoms with Crippen LogP contribution in [0.15, 0.2) is 24.4 Å². The lowest BCUT2D eigenvalue weighted by molar-refractivity contribution is -0.124. The number of hydrogen-bond acceptors (Lipinski definition) is 5. The summed E-state index contributed by atoms with van der Waals surface area (Å²) in [5.74, 6) is 0.232. The smallest absolute Gasteiger partial charge is 0.399 e. The molecule has 1 fully saturated rings. The van der Waals surface area contributed by atoms with E-state index in [2.05, 4.69) is 15.3 Å². The first-order valence-electron chi connectivity index (χ1n) is 9.39. The largest absolute Gasteiger partial charge is 0.494 e. The lowest BCUT2D eigenvalue weighted by Gasteiger charge is -2.32. The molecule has 2 heterocycles. The van der Waals surface area contributed by atoms with Gasteiger partial charge in [-0.2, -0.15) is 0 Å². The van der Waals surface area contributed by atoms with Gasteiger partial charge < -0.3 is 9.31 Å². The van der Waals surface area contributed by atoms with Gasteiger partial charge in [0.1, 0.15) is 0 Å². The number of anilines is 1. The minimum atomic E-state index is -0.459. The first-order chi connectivity index (χ1) is 12.4. The van der Waals surface area contributed by atoms with Crippen LogP contribution in [-0.4, -0.2) is 34.2 Å². The molecule has 0 spiro atoms. The average molecular weight is 369 g/mol. The molecule has 1 aliphatic rings. The summed E-state index contributed by atoms with van der Waals surface area (Å²) in [7, 11) is -0.427. The number of carbonyl (C=O) groups excluding carboxylic acids is 1. The summed E-state index contributed by atoms with van der Waals surface area (Å²) in [5.41, 5.74) is 0.453. The number of hydrogen-bond donors (Lipinski definition) is 1. The molecule has 0 radical (unpaired) electrons. The Labute approximate surface area is 161 Å². The number of carbonyl (C=O) groups is 1. The molecular formula is C20H28BN3O3. The summed E-state index contributed by atoms with van der Waals surface area (Å²) in [6, 6.07) is 5.82. The molecule has 27 heavy (non-hydrogen) atoms. The number of aromatic nitrogens is 2. The molecule has 6 nitrogen and oxygen atoms in total. The zero-order valence-corrected chi connectivity index (χ0v) is 17.2. The summed E-state index contributed by atoms with van der Waals surface area (Å²) < 4.78 is 12.2. The Morgan fingerprint density at radius 1 is 1.19 bits per heavy atom. The average Bonchev–Trinajstić information content (AvgIpc) is 2.82. The van der Waals surface area contributed by atoms with Gasteiger partial charge in [-0.1, -0.05) is 32.9 Å². The van der Waals surface area contributed by atoms with Crippen LogP contribution in [0.3, 0.4) is 0 Å². The number of nitrogens with one attached hydrogen (secondary N) is 1. The number of rotatable bonds is 4. The van der Waals surface area contributed by atoms with E-state index in [0.29, 0.717) is 5.95 Å². The van der Waals surface area contributed by atoms with E-state index in [9.17, 15) is 4.79 Å². The zero-order valence-electron chi connectivity index (χ0n) is 17.2. The van der Waals surface area contributed by atoms with E-state index >= 15 is 0 Å². The molecule has 7 heteroatoms. The van der Waals surface area contributed by atoms with Gasteiger partial charge in [-0.25, -0.2) is 9.97 Å². The van der Waals surface area contributed by atoms with Gasteiger partial charge in [0.05, 0.1) is 16.7 Å². The predicted octanol–water partition coefficient (Wildman–Crippen LogP) is 3.30. The Hall–Kier alpha value is -1.99. The molecule has 144 valence electrons. The van der Waals surface area contributed by atoms with Crippen LogP contribution in [-0.2, 0) is 14.1 Å². The molecule has 0 bridgehead atoms. The molecule has 0 atom stereocenters. The van der Waals surface area contributed by atoms with Crippen molar-refractivity contribution in [1.82, 2.24) is 9.97 Å².